The molecule has 1 N–H and O–H groups in total. The first-order valence-corrected chi connectivity index (χ1v) is 10.1. The molecule has 2 aromatic heterocycles. The van der Waals surface area contributed by atoms with Gasteiger partial charge in [-0.3, -0.25) is 14.8 Å². The molecule has 2 aliphatic heterocycles. The van der Waals surface area contributed by atoms with Crippen LogP contribution in [0, 0.1) is 18.8 Å². The molecule has 0 aliphatic carbocycles. The van der Waals surface area contributed by atoms with Gasteiger partial charge >= 0.3 is 0 Å². The van der Waals surface area contributed by atoms with Crippen molar-refractivity contribution in [2.75, 3.05) is 26.2 Å². The highest BCUT2D eigenvalue weighted by atomic mass is 15.2. The van der Waals surface area contributed by atoms with Gasteiger partial charge in [-0.25, -0.2) is 4.98 Å². The lowest BCUT2D eigenvalue weighted by Gasteiger charge is -2.21. The summed E-state index contributed by atoms with van der Waals surface area (Å²) in [6.45, 7) is 11.3. The molecule has 0 aromatic carbocycles. The van der Waals surface area contributed by atoms with Crippen LogP contribution in [0.15, 0.2) is 24.5 Å². The van der Waals surface area contributed by atoms with E-state index >= 15 is 0 Å². The van der Waals surface area contributed by atoms with Crippen LogP contribution in [-0.4, -0.2) is 50.9 Å². The molecule has 0 saturated carbocycles. The minimum Gasteiger partial charge on any atom is -0.346 e. The fourth-order valence-electron chi connectivity index (χ4n) is 4.63. The third-order valence-electron chi connectivity index (χ3n) is 6.16. The predicted molar refractivity (Wildman–Crippen MR) is 104 cm³/mol. The Hall–Kier alpha value is -1.72. The van der Waals surface area contributed by atoms with Crippen molar-refractivity contribution < 1.29 is 0 Å². The van der Waals surface area contributed by atoms with Crippen LogP contribution < -0.4 is 0 Å². The number of aryl methyl sites for hydroxylation is 2. The lowest BCUT2D eigenvalue weighted by Crippen LogP contribution is -2.27. The van der Waals surface area contributed by atoms with Gasteiger partial charge in [-0.1, -0.05) is 13.0 Å². The summed E-state index contributed by atoms with van der Waals surface area (Å²) in [6.07, 6.45) is 7.49. The third-order valence-corrected chi connectivity index (χ3v) is 6.16. The second-order valence-electron chi connectivity index (χ2n) is 8.04. The summed E-state index contributed by atoms with van der Waals surface area (Å²) in [4.78, 5) is 17.7. The van der Waals surface area contributed by atoms with Crippen LogP contribution in [0.3, 0.4) is 0 Å². The van der Waals surface area contributed by atoms with Crippen molar-refractivity contribution in [2.45, 2.75) is 46.2 Å². The number of rotatable bonds is 5. The highest BCUT2D eigenvalue weighted by Gasteiger charge is 2.35. The average molecular weight is 354 g/mol. The van der Waals surface area contributed by atoms with E-state index in [4.69, 9.17) is 4.98 Å². The number of nitrogens with zero attached hydrogens (tertiary/aromatic N) is 4. The molecule has 140 valence electrons. The Bertz CT molecular complexity index is 694. The fraction of sp³-hybridized carbons (Fsp3) is 0.619. The van der Waals surface area contributed by atoms with Crippen molar-refractivity contribution in [3.63, 3.8) is 0 Å². The van der Waals surface area contributed by atoms with E-state index in [1.165, 1.54) is 56.0 Å². The maximum absolute atomic E-state index is 4.78. The maximum atomic E-state index is 4.78. The smallest absolute Gasteiger partial charge is 0.106 e. The summed E-state index contributed by atoms with van der Waals surface area (Å²) in [7, 11) is 0. The summed E-state index contributed by atoms with van der Waals surface area (Å²) >= 11 is 0. The first-order chi connectivity index (χ1) is 12.7. The van der Waals surface area contributed by atoms with Gasteiger partial charge in [-0.2, -0.15) is 0 Å². The summed E-state index contributed by atoms with van der Waals surface area (Å²) in [5.41, 5.74) is 3.83. The first-order valence-electron chi connectivity index (χ1n) is 10.1. The van der Waals surface area contributed by atoms with Crippen LogP contribution in [0.4, 0.5) is 0 Å². The van der Waals surface area contributed by atoms with Crippen LogP contribution in [0.1, 0.15) is 42.5 Å². The van der Waals surface area contributed by atoms with E-state index in [-0.39, 0.29) is 0 Å². The van der Waals surface area contributed by atoms with Crippen LogP contribution in [0.25, 0.3) is 0 Å². The van der Waals surface area contributed by atoms with E-state index < -0.39 is 0 Å². The van der Waals surface area contributed by atoms with Gasteiger partial charge in [-0.05, 0) is 56.3 Å². The molecular formula is C21H31N5. The van der Waals surface area contributed by atoms with Crippen molar-refractivity contribution in [1.29, 1.82) is 0 Å². The number of nitrogens with one attached hydrogen (secondary N) is 1. The van der Waals surface area contributed by atoms with E-state index in [1.54, 1.807) is 0 Å². The zero-order valence-corrected chi connectivity index (χ0v) is 16.1. The minimum absolute atomic E-state index is 0.846. The van der Waals surface area contributed by atoms with Crippen molar-refractivity contribution in [3.05, 3.63) is 47.3 Å². The molecule has 2 saturated heterocycles. The molecule has 0 radical (unpaired) electrons. The van der Waals surface area contributed by atoms with Gasteiger partial charge in [0.2, 0.25) is 0 Å². The quantitative estimate of drug-likeness (QED) is 0.898. The lowest BCUT2D eigenvalue weighted by molar-refractivity contribution is 0.248. The zero-order valence-electron chi connectivity index (χ0n) is 16.1. The minimum atomic E-state index is 0.846. The number of H-pyrrole nitrogens is 1. The Balaban J connectivity index is 1.31. The van der Waals surface area contributed by atoms with Gasteiger partial charge in [0.05, 0.1) is 5.69 Å². The van der Waals surface area contributed by atoms with Crippen molar-refractivity contribution in [1.82, 2.24) is 24.8 Å². The number of likely N-dealkylation sites (tertiary alicyclic amines) is 2. The molecule has 2 fully saturated rings. The molecule has 4 heterocycles. The third kappa shape index (κ3) is 3.99. The van der Waals surface area contributed by atoms with Gasteiger partial charge in [0.1, 0.15) is 5.82 Å². The van der Waals surface area contributed by atoms with Crippen LogP contribution in [0.2, 0.25) is 0 Å². The van der Waals surface area contributed by atoms with E-state index in [1.807, 2.05) is 18.5 Å². The number of hydrogen-bond donors (Lipinski definition) is 1. The molecule has 0 bridgehead atoms. The van der Waals surface area contributed by atoms with Crippen LogP contribution in [-0.2, 0) is 19.5 Å². The Morgan fingerprint density at radius 3 is 2.50 bits per heavy atom. The number of hydrogen-bond acceptors (Lipinski definition) is 4. The zero-order chi connectivity index (χ0) is 17.9. The SMILES string of the molecule is CCc1nc(CN2C[C@H]3CCN(Cc4cccnc4)CC[C@H]3C2)c(C)[nH]1. The summed E-state index contributed by atoms with van der Waals surface area (Å²) in [5.74, 6) is 2.81. The highest BCUT2D eigenvalue weighted by molar-refractivity contribution is 5.13. The fourth-order valence-corrected chi connectivity index (χ4v) is 4.63. The molecule has 4 rings (SSSR count). The van der Waals surface area contributed by atoms with E-state index in [0.29, 0.717) is 0 Å². The van der Waals surface area contributed by atoms with E-state index in [0.717, 1.165) is 37.2 Å². The number of fused-ring (bicyclic) bond motifs is 1. The Kier molecular flexibility index (Phi) is 5.36. The normalized spacial score (nSPS) is 24.5. The molecule has 5 nitrogen and oxygen atoms in total. The summed E-state index contributed by atoms with van der Waals surface area (Å²) in [5, 5.41) is 0. The predicted octanol–water partition coefficient (Wildman–Crippen LogP) is 3.02. The van der Waals surface area contributed by atoms with Gasteiger partial charge < -0.3 is 4.98 Å². The average Bonchev–Trinajstić information content (AvgIpc) is 3.16. The standard InChI is InChI=1S/C21H31N5/c1-3-21-23-16(2)20(24-21)15-26-13-18-6-9-25(10-7-19(18)14-26)12-17-5-4-8-22-11-17/h4-5,8,11,18-19H,3,6-7,9-10,12-15H2,1-2H3,(H,23,24)/t18-,19+. The lowest BCUT2D eigenvalue weighted by atomic mass is 9.92. The van der Waals surface area contributed by atoms with Crippen molar-refractivity contribution in [2.24, 2.45) is 11.8 Å². The Morgan fingerprint density at radius 2 is 1.88 bits per heavy atom. The maximum Gasteiger partial charge on any atom is 0.106 e. The van der Waals surface area contributed by atoms with E-state index in [2.05, 4.69) is 39.7 Å². The number of pyridine rings is 1. The largest absolute Gasteiger partial charge is 0.346 e. The molecule has 2 aromatic rings. The molecule has 26 heavy (non-hydrogen) atoms. The first kappa shape index (κ1) is 17.7. The number of imidazole rings is 1. The Morgan fingerprint density at radius 1 is 1.12 bits per heavy atom. The van der Waals surface area contributed by atoms with Gasteiger partial charge in [0, 0.05) is 50.7 Å². The molecule has 0 unspecified atom stereocenters. The highest BCUT2D eigenvalue weighted by Crippen LogP contribution is 2.33. The van der Waals surface area contributed by atoms with Crippen LogP contribution >= 0.6 is 0 Å². The van der Waals surface area contributed by atoms with Crippen molar-refractivity contribution in [3.8, 4) is 0 Å². The molecule has 0 amide bonds. The second-order valence-corrected chi connectivity index (χ2v) is 8.04. The molecular weight excluding hydrogens is 322 g/mol. The summed E-state index contributed by atoms with van der Waals surface area (Å²) < 4.78 is 0. The number of aromatic amines is 1. The number of aromatic nitrogens is 3. The van der Waals surface area contributed by atoms with E-state index in [9.17, 15) is 0 Å². The van der Waals surface area contributed by atoms with Gasteiger partial charge in [-0.15, -0.1) is 0 Å². The topological polar surface area (TPSA) is 48.1 Å². The van der Waals surface area contributed by atoms with Crippen molar-refractivity contribution >= 4 is 0 Å². The van der Waals surface area contributed by atoms with Gasteiger partial charge in [0.15, 0.2) is 0 Å². The monoisotopic (exact) mass is 353 g/mol. The summed E-state index contributed by atoms with van der Waals surface area (Å²) in [6, 6.07) is 4.23. The molecule has 0 spiro atoms. The molecule has 2 atom stereocenters. The van der Waals surface area contributed by atoms with Crippen LogP contribution in [0.5, 0.6) is 0 Å². The Labute approximate surface area is 156 Å². The van der Waals surface area contributed by atoms with Gasteiger partial charge in [0.25, 0.3) is 0 Å². The second kappa shape index (κ2) is 7.89. The molecule has 2 aliphatic rings. The molecule has 5 heteroatoms.